The monoisotopic (exact) mass is 370 g/mol. The number of fused-ring (bicyclic) bond motifs is 1. The number of aryl methyl sites for hydroxylation is 1. The average molecular weight is 370 g/mol. The van der Waals surface area contributed by atoms with Gasteiger partial charge in [0.1, 0.15) is 11.6 Å². The number of nitriles is 1. The predicted octanol–water partition coefficient (Wildman–Crippen LogP) is 4.22. The standard InChI is InChI=1S/C20H14N6O2/c1-11-7-8-15-13(9-11)17(19(28)22-15)25-26-20-23-16(12-5-3-2-4-6-12)14(10-21)18(27)24-20/h2-9,22,28H,1H3,(H,23,24,27). The number of azo groups is 1. The van der Waals surface area contributed by atoms with Crippen molar-refractivity contribution in [3.63, 3.8) is 0 Å². The number of hydrogen-bond donors (Lipinski definition) is 3. The van der Waals surface area contributed by atoms with Gasteiger partial charge in [0.05, 0.1) is 11.2 Å². The van der Waals surface area contributed by atoms with E-state index in [1.165, 1.54) is 0 Å². The molecule has 4 rings (SSSR count). The summed E-state index contributed by atoms with van der Waals surface area (Å²) in [7, 11) is 0. The number of rotatable bonds is 3. The minimum atomic E-state index is -0.607. The van der Waals surface area contributed by atoms with Gasteiger partial charge in [-0.3, -0.25) is 9.78 Å². The van der Waals surface area contributed by atoms with Crippen molar-refractivity contribution in [2.24, 2.45) is 10.2 Å². The Bertz CT molecular complexity index is 1310. The molecule has 0 saturated heterocycles. The van der Waals surface area contributed by atoms with Crippen molar-refractivity contribution in [3.05, 3.63) is 70.0 Å². The first kappa shape index (κ1) is 17.2. The first-order chi connectivity index (χ1) is 13.6. The first-order valence-electron chi connectivity index (χ1n) is 8.39. The van der Waals surface area contributed by atoms with Crippen molar-refractivity contribution in [2.45, 2.75) is 6.92 Å². The number of aromatic amines is 2. The third kappa shape index (κ3) is 3.01. The fourth-order valence-corrected chi connectivity index (χ4v) is 2.89. The number of aromatic hydroxyl groups is 1. The molecular weight excluding hydrogens is 356 g/mol. The van der Waals surface area contributed by atoms with E-state index < -0.39 is 5.56 Å². The second kappa shape index (κ2) is 6.81. The fourth-order valence-electron chi connectivity index (χ4n) is 2.89. The summed E-state index contributed by atoms with van der Waals surface area (Å²) in [5, 5.41) is 28.2. The molecule has 0 bridgehead atoms. The van der Waals surface area contributed by atoms with Crippen molar-refractivity contribution >= 4 is 22.5 Å². The second-order valence-electron chi connectivity index (χ2n) is 6.16. The molecule has 0 aliphatic heterocycles. The number of hydrogen-bond acceptors (Lipinski definition) is 6. The number of H-pyrrole nitrogens is 2. The van der Waals surface area contributed by atoms with Gasteiger partial charge < -0.3 is 10.1 Å². The van der Waals surface area contributed by atoms with Crippen LogP contribution in [0.1, 0.15) is 11.1 Å². The predicted molar refractivity (Wildman–Crippen MR) is 104 cm³/mol. The molecule has 0 atom stereocenters. The van der Waals surface area contributed by atoms with Crippen molar-refractivity contribution in [2.75, 3.05) is 0 Å². The topological polar surface area (TPSA) is 130 Å². The largest absolute Gasteiger partial charge is 0.493 e. The molecule has 8 heteroatoms. The molecule has 0 spiro atoms. The maximum Gasteiger partial charge on any atom is 0.270 e. The van der Waals surface area contributed by atoms with E-state index in [2.05, 4.69) is 25.2 Å². The molecule has 0 saturated carbocycles. The van der Waals surface area contributed by atoms with Gasteiger partial charge in [0.15, 0.2) is 5.69 Å². The fraction of sp³-hybridized carbons (Fsp3) is 0.0500. The SMILES string of the molecule is Cc1ccc2[nH]c(O)c(N=Nc3nc(-c4ccccc4)c(C#N)c(=O)[nH]3)c2c1. The molecule has 8 nitrogen and oxygen atoms in total. The van der Waals surface area contributed by atoms with Crippen LogP contribution in [0.4, 0.5) is 11.6 Å². The highest BCUT2D eigenvalue weighted by molar-refractivity contribution is 5.94. The highest BCUT2D eigenvalue weighted by Crippen LogP contribution is 2.36. The molecular formula is C20H14N6O2. The van der Waals surface area contributed by atoms with E-state index in [4.69, 9.17) is 0 Å². The summed E-state index contributed by atoms with van der Waals surface area (Å²) in [6.45, 7) is 1.93. The molecule has 0 fully saturated rings. The zero-order valence-corrected chi connectivity index (χ0v) is 14.8. The number of aromatic nitrogens is 3. The summed E-state index contributed by atoms with van der Waals surface area (Å²) in [6, 6.07) is 16.4. The van der Waals surface area contributed by atoms with Crippen LogP contribution in [-0.4, -0.2) is 20.1 Å². The van der Waals surface area contributed by atoms with Crippen molar-refractivity contribution in [3.8, 4) is 23.2 Å². The van der Waals surface area contributed by atoms with Crippen LogP contribution in [0.25, 0.3) is 22.2 Å². The van der Waals surface area contributed by atoms with E-state index in [9.17, 15) is 15.2 Å². The zero-order chi connectivity index (χ0) is 19.7. The van der Waals surface area contributed by atoms with Gasteiger partial charge in [-0.1, -0.05) is 42.0 Å². The van der Waals surface area contributed by atoms with Gasteiger partial charge in [0.25, 0.3) is 5.56 Å². The maximum atomic E-state index is 12.3. The molecule has 4 aromatic rings. The molecule has 136 valence electrons. The van der Waals surface area contributed by atoms with Crippen LogP contribution in [-0.2, 0) is 0 Å². The lowest BCUT2D eigenvalue weighted by atomic mass is 10.1. The average Bonchev–Trinajstić information content (AvgIpc) is 3.01. The summed E-state index contributed by atoms with van der Waals surface area (Å²) in [6.07, 6.45) is 0. The Morgan fingerprint density at radius 1 is 1.11 bits per heavy atom. The van der Waals surface area contributed by atoms with Gasteiger partial charge >= 0.3 is 0 Å². The number of benzene rings is 2. The summed E-state index contributed by atoms with van der Waals surface area (Å²) >= 11 is 0. The highest BCUT2D eigenvalue weighted by atomic mass is 16.3. The number of nitrogens with one attached hydrogen (secondary N) is 2. The van der Waals surface area contributed by atoms with Gasteiger partial charge in [-0.2, -0.15) is 5.26 Å². The van der Waals surface area contributed by atoms with E-state index in [0.29, 0.717) is 16.5 Å². The Labute approximate surface area is 158 Å². The summed E-state index contributed by atoms with van der Waals surface area (Å²) in [5.74, 6) is -0.201. The van der Waals surface area contributed by atoms with E-state index in [1.54, 1.807) is 24.3 Å². The van der Waals surface area contributed by atoms with Crippen LogP contribution >= 0.6 is 0 Å². The lowest BCUT2D eigenvalue weighted by Crippen LogP contribution is -2.13. The van der Waals surface area contributed by atoms with Crippen LogP contribution in [0.5, 0.6) is 5.88 Å². The quantitative estimate of drug-likeness (QED) is 0.466. The lowest BCUT2D eigenvalue weighted by Gasteiger charge is -2.03. The van der Waals surface area contributed by atoms with E-state index >= 15 is 0 Å². The van der Waals surface area contributed by atoms with Crippen LogP contribution in [0, 0.1) is 18.3 Å². The third-order valence-corrected chi connectivity index (χ3v) is 4.22. The Kier molecular flexibility index (Phi) is 4.18. The first-order valence-corrected chi connectivity index (χ1v) is 8.39. The van der Waals surface area contributed by atoms with E-state index in [-0.39, 0.29) is 28.8 Å². The summed E-state index contributed by atoms with van der Waals surface area (Å²) in [5.41, 5.74) is 2.08. The molecule has 28 heavy (non-hydrogen) atoms. The summed E-state index contributed by atoms with van der Waals surface area (Å²) in [4.78, 5) is 21.8. The summed E-state index contributed by atoms with van der Waals surface area (Å²) < 4.78 is 0. The van der Waals surface area contributed by atoms with Crippen molar-refractivity contribution in [1.29, 1.82) is 5.26 Å². The molecule has 2 aromatic carbocycles. The van der Waals surface area contributed by atoms with Gasteiger partial charge in [0.2, 0.25) is 11.8 Å². The van der Waals surface area contributed by atoms with Gasteiger partial charge in [-0.25, -0.2) is 4.98 Å². The Balaban J connectivity index is 1.83. The normalized spacial score (nSPS) is 11.1. The maximum absolute atomic E-state index is 12.3. The second-order valence-corrected chi connectivity index (χ2v) is 6.16. The third-order valence-electron chi connectivity index (χ3n) is 4.22. The minimum absolute atomic E-state index is 0.0655. The lowest BCUT2D eigenvalue weighted by molar-refractivity contribution is 0.459. The van der Waals surface area contributed by atoms with Gasteiger partial charge in [-0.15, -0.1) is 10.2 Å². The molecule has 0 aliphatic rings. The van der Waals surface area contributed by atoms with Crippen LogP contribution in [0.3, 0.4) is 0 Å². The van der Waals surface area contributed by atoms with Gasteiger partial charge in [-0.05, 0) is 19.1 Å². The number of nitrogens with zero attached hydrogens (tertiary/aromatic N) is 4. The molecule has 2 heterocycles. The minimum Gasteiger partial charge on any atom is -0.493 e. The van der Waals surface area contributed by atoms with Crippen LogP contribution < -0.4 is 5.56 Å². The van der Waals surface area contributed by atoms with Gasteiger partial charge in [0, 0.05) is 10.9 Å². The van der Waals surface area contributed by atoms with Crippen molar-refractivity contribution < 1.29 is 5.11 Å². The van der Waals surface area contributed by atoms with Crippen LogP contribution in [0.2, 0.25) is 0 Å². The smallest absolute Gasteiger partial charge is 0.270 e. The Morgan fingerprint density at radius 3 is 2.64 bits per heavy atom. The molecule has 0 radical (unpaired) electrons. The Morgan fingerprint density at radius 2 is 1.89 bits per heavy atom. The molecule has 0 unspecified atom stereocenters. The van der Waals surface area contributed by atoms with Crippen molar-refractivity contribution in [1.82, 2.24) is 15.0 Å². The highest BCUT2D eigenvalue weighted by Gasteiger charge is 2.14. The van der Waals surface area contributed by atoms with E-state index in [1.807, 2.05) is 37.3 Å². The molecule has 3 N–H and O–H groups in total. The molecule has 0 aliphatic carbocycles. The zero-order valence-electron chi connectivity index (χ0n) is 14.8. The molecule has 2 aromatic heterocycles. The van der Waals surface area contributed by atoms with E-state index in [0.717, 1.165) is 5.56 Å². The molecule has 0 amide bonds. The van der Waals surface area contributed by atoms with Crippen LogP contribution in [0.15, 0.2) is 63.6 Å². The Hall–Kier alpha value is -4.25.